The molecule has 1 saturated carbocycles. The van der Waals surface area contributed by atoms with Crippen molar-refractivity contribution in [3.05, 3.63) is 35.9 Å². The molecule has 0 saturated heterocycles. The Kier molecular flexibility index (Phi) is 3.34. The molecule has 0 heterocycles. The third kappa shape index (κ3) is 2.30. The molecule has 1 heteroatoms. The lowest BCUT2D eigenvalue weighted by Gasteiger charge is -2.22. The lowest BCUT2D eigenvalue weighted by atomic mass is 9.88. The second-order valence-electron chi connectivity index (χ2n) is 5.51. The fourth-order valence-electron chi connectivity index (χ4n) is 2.46. The molecule has 1 fully saturated rings. The van der Waals surface area contributed by atoms with Gasteiger partial charge in [0.05, 0.1) is 6.10 Å². The summed E-state index contributed by atoms with van der Waals surface area (Å²) >= 11 is 0. The minimum atomic E-state index is -0.134. The van der Waals surface area contributed by atoms with Crippen molar-refractivity contribution in [2.75, 3.05) is 0 Å². The number of aliphatic hydroxyl groups excluding tert-OH is 1. The zero-order chi connectivity index (χ0) is 11.7. The van der Waals surface area contributed by atoms with E-state index in [9.17, 15) is 5.11 Å². The first-order valence-corrected chi connectivity index (χ1v) is 6.34. The predicted molar refractivity (Wildman–Crippen MR) is 67.3 cm³/mol. The molecular formula is C15H22O. The highest BCUT2D eigenvalue weighted by Crippen LogP contribution is 2.51. The largest absolute Gasteiger partial charge is 0.393 e. The van der Waals surface area contributed by atoms with Crippen molar-refractivity contribution in [2.24, 2.45) is 17.8 Å². The number of rotatable bonds is 4. The Hall–Kier alpha value is -0.820. The third-order valence-electron chi connectivity index (χ3n) is 4.10. The summed E-state index contributed by atoms with van der Waals surface area (Å²) in [4.78, 5) is 0. The highest BCUT2D eigenvalue weighted by Gasteiger charge is 2.45. The van der Waals surface area contributed by atoms with Gasteiger partial charge in [-0.25, -0.2) is 0 Å². The van der Waals surface area contributed by atoms with Crippen LogP contribution >= 0.6 is 0 Å². The molecular weight excluding hydrogens is 196 g/mol. The quantitative estimate of drug-likeness (QED) is 0.820. The molecule has 0 amide bonds. The van der Waals surface area contributed by atoms with Crippen LogP contribution in [-0.4, -0.2) is 11.2 Å². The van der Waals surface area contributed by atoms with Crippen LogP contribution < -0.4 is 0 Å². The van der Waals surface area contributed by atoms with E-state index in [1.165, 1.54) is 5.56 Å². The van der Waals surface area contributed by atoms with Gasteiger partial charge in [0.2, 0.25) is 0 Å². The summed E-state index contributed by atoms with van der Waals surface area (Å²) in [7, 11) is 0. The second-order valence-corrected chi connectivity index (χ2v) is 5.51. The van der Waals surface area contributed by atoms with E-state index >= 15 is 0 Å². The first-order chi connectivity index (χ1) is 7.61. The van der Waals surface area contributed by atoms with Crippen LogP contribution in [0.3, 0.4) is 0 Å². The Bertz CT molecular complexity index is 331. The Morgan fingerprint density at radius 2 is 1.75 bits per heavy atom. The minimum absolute atomic E-state index is 0.134. The molecule has 1 N–H and O–H groups in total. The Morgan fingerprint density at radius 3 is 2.31 bits per heavy atom. The highest BCUT2D eigenvalue weighted by molar-refractivity contribution is 5.26. The highest BCUT2D eigenvalue weighted by atomic mass is 16.3. The van der Waals surface area contributed by atoms with E-state index in [-0.39, 0.29) is 6.10 Å². The van der Waals surface area contributed by atoms with E-state index < -0.39 is 0 Å². The van der Waals surface area contributed by atoms with Gasteiger partial charge in [0.15, 0.2) is 0 Å². The predicted octanol–water partition coefficient (Wildman–Crippen LogP) is 3.44. The number of aliphatic hydroxyl groups is 1. The van der Waals surface area contributed by atoms with Crippen molar-refractivity contribution >= 4 is 0 Å². The van der Waals surface area contributed by atoms with Gasteiger partial charge in [-0.2, -0.15) is 0 Å². The molecule has 1 aliphatic rings. The number of benzene rings is 1. The SMILES string of the molecule is CC(C)C(C)C(O)C1CC1c1ccccc1. The van der Waals surface area contributed by atoms with Crippen molar-refractivity contribution in [1.29, 1.82) is 0 Å². The molecule has 4 atom stereocenters. The molecule has 16 heavy (non-hydrogen) atoms. The number of hydrogen-bond donors (Lipinski definition) is 1. The Morgan fingerprint density at radius 1 is 1.12 bits per heavy atom. The monoisotopic (exact) mass is 218 g/mol. The van der Waals surface area contributed by atoms with Gasteiger partial charge in [0.25, 0.3) is 0 Å². The summed E-state index contributed by atoms with van der Waals surface area (Å²) < 4.78 is 0. The summed E-state index contributed by atoms with van der Waals surface area (Å²) in [6.45, 7) is 6.54. The average Bonchev–Trinajstić information content (AvgIpc) is 3.08. The first kappa shape index (κ1) is 11.7. The molecule has 0 bridgehead atoms. The van der Waals surface area contributed by atoms with Crippen LogP contribution in [0.1, 0.15) is 38.7 Å². The molecule has 1 aromatic rings. The molecule has 1 nitrogen and oxygen atoms in total. The summed E-state index contributed by atoms with van der Waals surface area (Å²) in [6, 6.07) is 10.6. The Balaban J connectivity index is 1.97. The molecule has 1 aromatic carbocycles. The molecule has 0 aromatic heterocycles. The summed E-state index contributed by atoms with van der Waals surface area (Å²) in [5.41, 5.74) is 1.39. The van der Waals surface area contributed by atoms with Gasteiger partial charge in [-0.15, -0.1) is 0 Å². The lowest BCUT2D eigenvalue weighted by Crippen LogP contribution is -2.24. The van der Waals surface area contributed by atoms with Crippen molar-refractivity contribution in [2.45, 2.75) is 39.2 Å². The van der Waals surface area contributed by atoms with Crippen LogP contribution in [0.25, 0.3) is 0 Å². The van der Waals surface area contributed by atoms with E-state index in [1.54, 1.807) is 0 Å². The van der Waals surface area contributed by atoms with Gasteiger partial charge >= 0.3 is 0 Å². The van der Waals surface area contributed by atoms with Gasteiger partial charge < -0.3 is 5.11 Å². The fourth-order valence-corrected chi connectivity index (χ4v) is 2.46. The van der Waals surface area contributed by atoms with Crippen LogP contribution in [0.4, 0.5) is 0 Å². The van der Waals surface area contributed by atoms with Gasteiger partial charge in [-0.1, -0.05) is 51.1 Å². The van der Waals surface area contributed by atoms with E-state index in [4.69, 9.17) is 0 Å². The second kappa shape index (κ2) is 4.58. The van der Waals surface area contributed by atoms with E-state index in [1.807, 2.05) is 6.07 Å². The first-order valence-electron chi connectivity index (χ1n) is 6.34. The van der Waals surface area contributed by atoms with E-state index in [0.29, 0.717) is 23.7 Å². The molecule has 4 unspecified atom stereocenters. The summed E-state index contributed by atoms with van der Waals surface area (Å²) in [6.07, 6.45) is 1.02. The standard InChI is InChI=1S/C15H22O/c1-10(2)11(3)15(16)14-9-13(14)12-7-5-4-6-8-12/h4-8,10-11,13-16H,9H2,1-3H3. The van der Waals surface area contributed by atoms with Gasteiger partial charge in [-0.05, 0) is 35.7 Å². The van der Waals surface area contributed by atoms with Gasteiger partial charge in [0.1, 0.15) is 0 Å². The summed E-state index contributed by atoms with van der Waals surface area (Å²) in [5, 5.41) is 10.3. The number of hydrogen-bond acceptors (Lipinski definition) is 1. The molecule has 0 spiro atoms. The molecule has 88 valence electrons. The topological polar surface area (TPSA) is 20.2 Å². The van der Waals surface area contributed by atoms with Crippen LogP contribution in [0, 0.1) is 17.8 Å². The maximum Gasteiger partial charge on any atom is 0.0602 e. The average molecular weight is 218 g/mol. The molecule has 0 aliphatic heterocycles. The maximum absolute atomic E-state index is 10.3. The van der Waals surface area contributed by atoms with Crippen LogP contribution in [-0.2, 0) is 0 Å². The fraction of sp³-hybridized carbons (Fsp3) is 0.600. The van der Waals surface area contributed by atoms with Crippen LogP contribution in [0.15, 0.2) is 30.3 Å². The normalized spacial score (nSPS) is 27.8. The zero-order valence-electron chi connectivity index (χ0n) is 10.4. The van der Waals surface area contributed by atoms with Crippen molar-refractivity contribution < 1.29 is 5.11 Å². The minimum Gasteiger partial charge on any atom is -0.393 e. The van der Waals surface area contributed by atoms with Gasteiger partial charge in [0, 0.05) is 0 Å². The van der Waals surface area contributed by atoms with Crippen molar-refractivity contribution in [1.82, 2.24) is 0 Å². The van der Waals surface area contributed by atoms with Crippen molar-refractivity contribution in [3.8, 4) is 0 Å². The zero-order valence-corrected chi connectivity index (χ0v) is 10.4. The smallest absolute Gasteiger partial charge is 0.0602 e. The third-order valence-corrected chi connectivity index (χ3v) is 4.10. The van der Waals surface area contributed by atoms with Crippen LogP contribution in [0.5, 0.6) is 0 Å². The molecule has 1 aliphatic carbocycles. The van der Waals surface area contributed by atoms with Crippen LogP contribution in [0.2, 0.25) is 0 Å². The Labute approximate surface area is 98.5 Å². The van der Waals surface area contributed by atoms with Gasteiger partial charge in [-0.3, -0.25) is 0 Å². The van der Waals surface area contributed by atoms with E-state index in [0.717, 1.165) is 6.42 Å². The molecule has 2 rings (SSSR count). The lowest BCUT2D eigenvalue weighted by molar-refractivity contribution is 0.0704. The molecule has 0 radical (unpaired) electrons. The maximum atomic E-state index is 10.3. The summed E-state index contributed by atoms with van der Waals surface area (Å²) in [5.74, 6) is 2.04. The van der Waals surface area contributed by atoms with Crippen molar-refractivity contribution in [3.63, 3.8) is 0 Å². The van der Waals surface area contributed by atoms with E-state index in [2.05, 4.69) is 45.0 Å².